The molecule has 14 heavy (non-hydrogen) atoms. The van der Waals surface area contributed by atoms with Gasteiger partial charge in [-0.05, 0) is 12.1 Å². The van der Waals surface area contributed by atoms with E-state index in [2.05, 4.69) is 10.2 Å². The number of carbonyl (C=O) groups excluding carboxylic acids is 1. The van der Waals surface area contributed by atoms with E-state index < -0.39 is 0 Å². The first-order valence-electron chi connectivity index (χ1n) is 4.25. The molecule has 0 aliphatic heterocycles. The van der Waals surface area contributed by atoms with Crippen molar-refractivity contribution in [3.05, 3.63) is 59.9 Å². The van der Waals surface area contributed by atoms with Crippen molar-refractivity contribution in [1.82, 2.24) is 10.2 Å². The van der Waals surface area contributed by atoms with Crippen LogP contribution in [0.3, 0.4) is 0 Å². The molecule has 2 aromatic rings. The molecule has 0 radical (unpaired) electrons. The Morgan fingerprint density at radius 1 is 1.00 bits per heavy atom. The van der Waals surface area contributed by atoms with Gasteiger partial charge in [0.25, 0.3) is 0 Å². The van der Waals surface area contributed by atoms with E-state index in [9.17, 15) is 4.79 Å². The molecule has 1 heterocycles. The van der Waals surface area contributed by atoms with Crippen LogP contribution < -0.4 is 0 Å². The van der Waals surface area contributed by atoms with Crippen LogP contribution in [-0.2, 0) is 0 Å². The van der Waals surface area contributed by atoms with Crippen LogP contribution in [0.4, 0.5) is 0 Å². The second-order valence-electron chi connectivity index (χ2n) is 2.80. The third-order valence-electron chi connectivity index (χ3n) is 1.84. The second kappa shape index (κ2) is 3.79. The van der Waals surface area contributed by atoms with Crippen molar-refractivity contribution in [2.24, 2.45) is 0 Å². The van der Waals surface area contributed by atoms with Crippen molar-refractivity contribution in [1.29, 1.82) is 0 Å². The molecule has 2 rings (SSSR count). The lowest BCUT2D eigenvalue weighted by Gasteiger charge is -1.97. The number of ketones is 1. The Morgan fingerprint density at radius 2 is 1.79 bits per heavy atom. The highest BCUT2D eigenvalue weighted by atomic mass is 16.1. The Labute approximate surface area is 81.4 Å². The summed E-state index contributed by atoms with van der Waals surface area (Å²) in [4.78, 5) is 11.7. The Morgan fingerprint density at radius 3 is 2.43 bits per heavy atom. The number of carbonyl (C=O) groups is 1. The summed E-state index contributed by atoms with van der Waals surface area (Å²) in [6.45, 7) is 0. The fourth-order valence-corrected chi connectivity index (χ4v) is 1.16. The fourth-order valence-electron chi connectivity index (χ4n) is 1.16. The van der Waals surface area contributed by atoms with Crippen LogP contribution in [0, 0.1) is 0 Å². The molecule has 0 spiro atoms. The van der Waals surface area contributed by atoms with Crippen LogP contribution in [-0.4, -0.2) is 16.0 Å². The predicted molar refractivity (Wildman–Crippen MR) is 51.9 cm³/mol. The average Bonchev–Trinajstić information content (AvgIpc) is 2.30. The van der Waals surface area contributed by atoms with E-state index in [1.807, 2.05) is 18.2 Å². The van der Waals surface area contributed by atoms with Gasteiger partial charge in [-0.2, -0.15) is 5.10 Å². The van der Waals surface area contributed by atoms with Gasteiger partial charge < -0.3 is 0 Å². The Hall–Kier alpha value is -2.03. The van der Waals surface area contributed by atoms with Gasteiger partial charge in [0.1, 0.15) is 5.69 Å². The van der Waals surface area contributed by atoms with E-state index in [4.69, 9.17) is 0 Å². The molecule has 0 amide bonds. The van der Waals surface area contributed by atoms with Gasteiger partial charge in [0.15, 0.2) is 0 Å². The van der Waals surface area contributed by atoms with Crippen molar-refractivity contribution < 1.29 is 4.79 Å². The first-order chi connectivity index (χ1) is 6.88. The summed E-state index contributed by atoms with van der Waals surface area (Å²) in [5, 5.41) is 7.42. The number of rotatable bonds is 2. The molecule has 0 N–H and O–H groups in total. The number of aromatic nitrogens is 2. The standard InChI is InChI=1S/C11H8N2O/c14-11(9-5-2-1-3-6-9)10-7-4-8-12-13-10/h1-8H. The van der Waals surface area contributed by atoms with E-state index in [1.54, 1.807) is 30.5 Å². The van der Waals surface area contributed by atoms with Crippen molar-refractivity contribution >= 4 is 5.78 Å². The topological polar surface area (TPSA) is 42.9 Å². The SMILES string of the molecule is O=C(c1ccccc1)c1cccnn1. The van der Waals surface area contributed by atoms with E-state index in [-0.39, 0.29) is 5.78 Å². The van der Waals surface area contributed by atoms with Gasteiger partial charge in [0, 0.05) is 11.8 Å². The molecule has 0 unspecified atom stereocenters. The minimum atomic E-state index is -0.0984. The Balaban J connectivity index is 2.35. The van der Waals surface area contributed by atoms with Crippen molar-refractivity contribution in [2.75, 3.05) is 0 Å². The molecule has 0 saturated heterocycles. The first-order valence-corrected chi connectivity index (χ1v) is 4.25. The summed E-state index contributed by atoms with van der Waals surface area (Å²) in [6, 6.07) is 12.4. The minimum Gasteiger partial charge on any atom is -0.287 e. The molecule has 0 aliphatic rings. The lowest BCUT2D eigenvalue weighted by atomic mass is 10.1. The van der Waals surface area contributed by atoms with Crippen LogP contribution in [0.15, 0.2) is 48.7 Å². The number of benzene rings is 1. The zero-order chi connectivity index (χ0) is 9.80. The lowest BCUT2D eigenvalue weighted by molar-refractivity contribution is 0.103. The highest BCUT2D eigenvalue weighted by Crippen LogP contribution is 2.05. The lowest BCUT2D eigenvalue weighted by Crippen LogP contribution is -2.04. The highest BCUT2D eigenvalue weighted by Gasteiger charge is 2.08. The normalized spacial score (nSPS) is 9.71. The first kappa shape index (κ1) is 8.56. The molecule has 1 aromatic carbocycles. The van der Waals surface area contributed by atoms with Crippen LogP contribution in [0.2, 0.25) is 0 Å². The van der Waals surface area contributed by atoms with Crippen molar-refractivity contribution in [3.8, 4) is 0 Å². The summed E-state index contributed by atoms with van der Waals surface area (Å²) < 4.78 is 0. The highest BCUT2D eigenvalue weighted by molar-refractivity contribution is 6.07. The third kappa shape index (κ3) is 1.66. The zero-order valence-electron chi connectivity index (χ0n) is 7.42. The molecule has 0 atom stereocenters. The van der Waals surface area contributed by atoms with Gasteiger partial charge in [0.2, 0.25) is 5.78 Å². The van der Waals surface area contributed by atoms with Gasteiger partial charge in [-0.3, -0.25) is 4.79 Å². The predicted octanol–water partition coefficient (Wildman–Crippen LogP) is 1.71. The van der Waals surface area contributed by atoms with Crippen molar-refractivity contribution in [3.63, 3.8) is 0 Å². The fraction of sp³-hybridized carbons (Fsp3) is 0. The smallest absolute Gasteiger partial charge is 0.213 e. The van der Waals surface area contributed by atoms with Gasteiger partial charge in [-0.1, -0.05) is 30.3 Å². The van der Waals surface area contributed by atoms with Crippen LogP contribution in [0.25, 0.3) is 0 Å². The summed E-state index contributed by atoms with van der Waals surface area (Å²) >= 11 is 0. The minimum absolute atomic E-state index is 0.0984. The molecular formula is C11H8N2O. The van der Waals surface area contributed by atoms with Crippen LogP contribution >= 0.6 is 0 Å². The summed E-state index contributed by atoms with van der Waals surface area (Å²) in [7, 11) is 0. The van der Waals surface area contributed by atoms with Gasteiger partial charge in [-0.15, -0.1) is 5.10 Å². The summed E-state index contributed by atoms with van der Waals surface area (Å²) in [6.07, 6.45) is 1.54. The van der Waals surface area contributed by atoms with E-state index in [1.165, 1.54) is 0 Å². The maximum Gasteiger partial charge on any atom is 0.213 e. The quantitative estimate of drug-likeness (QED) is 0.667. The maximum absolute atomic E-state index is 11.7. The van der Waals surface area contributed by atoms with E-state index >= 15 is 0 Å². The monoisotopic (exact) mass is 184 g/mol. The number of hydrogen-bond acceptors (Lipinski definition) is 3. The zero-order valence-corrected chi connectivity index (χ0v) is 7.42. The maximum atomic E-state index is 11.7. The van der Waals surface area contributed by atoms with Crippen molar-refractivity contribution in [2.45, 2.75) is 0 Å². The number of nitrogens with zero attached hydrogens (tertiary/aromatic N) is 2. The summed E-state index contributed by atoms with van der Waals surface area (Å²) in [5.74, 6) is -0.0984. The Kier molecular flexibility index (Phi) is 2.32. The van der Waals surface area contributed by atoms with Gasteiger partial charge in [0.05, 0.1) is 0 Å². The summed E-state index contributed by atoms with van der Waals surface area (Å²) in [5.41, 5.74) is 1.01. The largest absolute Gasteiger partial charge is 0.287 e. The van der Waals surface area contributed by atoms with E-state index in [0.717, 1.165) is 0 Å². The van der Waals surface area contributed by atoms with Crippen LogP contribution in [0.1, 0.15) is 16.1 Å². The molecule has 1 aromatic heterocycles. The number of hydrogen-bond donors (Lipinski definition) is 0. The third-order valence-corrected chi connectivity index (χ3v) is 1.84. The second-order valence-corrected chi connectivity index (χ2v) is 2.80. The van der Waals surface area contributed by atoms with Crippen LogP contribution in [0.5, 0.6) is 0 Å². The molecule has 0 fully saturated rings. The van der Waals surface area contributed by atoms with E-state index in [0.29, 0.717) is 11.3 Å². The molecule has 0 saturated carbocycles. The molecule has 3 heteroatoms. The average molecular weight is 184 g/mol. The molecule has 0 aliphatic carbocycles. The molecule has 68 valence electrons. The molecule has 0 bridgehead atoms. The van der Waals surface area contributed by atoms with Gasteiger partial charge in [-0.25, -0.2) is 0 Å². The molecule has 3 nitrogen and oxygen atoms in total. The Bertz CT molecular complexity index is 384. The molecular weight excluding hydrogens is 176 g/mol. The van der Waals surface area contributed by atoms with Gasteiger partial charge >= 0.3 is 0 Å².